The highest BCUT2D eigenvalue weighted by Gasteiger charge is 2.12. The first-order valence-corrected chi connectivity index (χ1v) is 10.2. The highest BCUT2D eigenvalue weighted by atomic mass is 32.1. The van der Waals surface area contributed by atoms with Gasteiger partial charge in [-0.2, -0.15) is 0 Å². The molecule has 0 saturated carbocycles. The number of anilines is 2. The third kappa shape index (κ3) is 5.98. The van der Waals surface area contributed by atoms with E-state index in [1.807, 2.05) is 32.2 Å². The van der Waals surface area contributed by atoms with E-state index in [4.69, 9.17) is 4.74 Å². The molecule has 0 aliphatic carbocycles. The van der Waals surface area contributed by atoms with E-state index in [9.17, 15) is 4.79 Å². The molecular formula is C19H25N7O2S. The summed E-state index contributed by atoms with van der Waals surface area (Å²) in [6, 6.07) is 5.33. The topological polar surface area (TPSA) is 107 Å². The van der Waals surface area contributed by atoms with E-state index in [2.05, 4.69) is 45.0 Å². The fourth-order valence-electron chi connectivity index (χ4n) is 2.54. The molecule has 1 aromatic carbocycles. The van der Waals surface area contributed by atoms with Gasteiger partial charge in [-0.15, -0.1) is 16.4 Å². The van der Waals surface area contributed by atoms with Crippen LogP contribution in [-0.2, 0) is 19.9 Å². The van der Waals surface area contributed by atoms with Crippen LogP contribution in [0.2, 0.25) is 0 Å². The monoisotopic (exact) mass is 415 g/mol. The van der Waals surface area contributed by atoms with Crippen molar-refractivity contribution in [2.75, 3.05) is 17.2 Å². The Hall–Kier alpha value is -3.01. The lowest BCUT2D eigenvalue weighted by Gasteiger charge is -2.14. The molecular weight excluding hydrogens is 390 g/mol. The standard InChI is InChI=1S/C19H25N7O2S/c1-12(2)11-28-16-9-13(3)5-7-15(16)21-18(27)22-19-20-10-14(29-19)6-8-17-23-24-25-26(17)4/h5,7,9-10,12H,6,8,11H2,1-4H3,(H2,20,21,22,27). The third-order valence-corrected chi connectivity index (χ3v) is 5.01. The summed E-state index contributed by atoms with van der Waals surface area (Å²) in [5, 5.41) is 17.6. The van der Waals surface area contributed by atoms with E-state index in [0.717, 1.165) is 22.7 Å². The number of nitrogens with zero attached hydrogens (tertiary/aromatic N) is 5. The normalized spacial score (nSPS) is 10.9. The van der Waals surface area contributed by atoms with Gasteiger partial charge in [-0.25, -0.2) is 14.5 Å². The molecule has 0 radical (unpaired) electrons. The summed E-state index contributed by atoms with van der Waals surface area (Å²) < 4.78 is 7.48. The minimum atomic E-state index is -0.360. The number of thiazole rings is 1. The first-order chi connectivity index (χ1) is 13.9. The maximum absolute atomic E-state index is 12.4. The Morgan fingerprint density at radius 3 is 2.83 bits per heavy atom. The quantitative estimate of drug-likeness (QED) is 0.584. The molecule has 3 aromatic rings. The van der Waals surface area contributed by atoms with Gasteiger partial charge in [0.25, 0.3) is 0 Å². The zero-order valence-electron chi connectivity index (χ0n) is 17.0. The Morgan fingerprint density at radius 1 is 1.28 bits per heavy atom. The van der Waals surface area contributed by atoms with Gasteiger partial charge in [0.1, 0.15) is 5.75 Å². The first-order valence-electron chi connectivity index (χ1n) is 9.38. The summed E-state index contributed by atoms with van der Waals surface area (Å²) in [5.41, 5.74) is 1.69. The molecule has 0 saturated heterocycles. The predicted molar refractivity (Wildman–Crippen MR) is 112 cm³/mol. The van der Waals surface area contributed by atoms with Gasteiger partial charge in [0.15, 0.2) is 11.0 Å². The maximum atomic E-state index is 12.4. The second kappa shape index (κ2) is 9.46. The summed E-state index contributed by atoms with van der Waals surface area (Å²) in [7, 11) is 1.81. The lowest BCUT2D eigenvalue weighted by atomic mass is 10.2. The smallest absolute Gasteiger partial charge is 0.325 e. The molecule has 2 amide bonds. The number of carbonyl (C=O) groups excluding carboxylic acids is 1. The van der Waals surface area contributed by atoms with Crippen molar-refractivity contribution in [3.63, 3.8) is 0 Å². The lowest BCUT2D eigenvalue weighted by Crippen LogP contribution is -2.20. The number of aromatic nitrogens is 5. The van der Waals surface area contributed by atoms with E-state index < -0.39 is 0 Å². The van der Waals surface area contributed by atoms with Crippen molar-refractivity contribution >= 4 is 28.2 Å². The SMILES string of the molecule is Cc1ccc(NC(=O)Nc2ncc(CCc3nnnn3C)s2)c(OCC(C)C)c1. The van der Waals surface area contributed by atoms with Crippen molar-refractivity contribution in [1.29, 1.82) is 0 Å². The van der Waals surface area contributed by atoms with Crippen LogP contribution in [-0.4, -0.2) is 37.8 Å². The number of aryl methyl sites for hydroxylation is 4. The minimum Gasteiger partial charge on any atom is -0.491 e. The second-order valence-corrected chi connectivity index (χ2v) is 8.25. The van der Waals surface area contributed by atoms with Crippen LogP contribution in [0.5, 0.6) is 5.75 Å². The van der Waals surface area contributed by atoms with E-state index in [0.29, 0.717) is 35.5 Å². The number of amides is 2. The molecule has 154 valence electrons. The summed E-state index contributed by atoms with van der Waals surface area (Å²) in [4.78, 5) is 17.7. The summed E-state index contributed by atoms with van der Waals surface area (Å²) in [6.07, 6.45) is 3.21. The average molecular weight is 416 g/mol. The van der Waals surface area contributed by atoms with Crippen LogP contribution in [0, 0.1) is 12.8 Å². The van der Waals surface area contributed by atoms with Gasteiger partial charge in [0.2, 0.25) is 0 Å². The number of tetrazole rings is 1. The molecule has 3 rings (SSSR count). The van der Waals surface area contributed by atoms with Gasteiger partial charge in [0.05, 0.1) is 12.3 Å². The van der Waals surface area contributed by atoms with Crippen LogP contribution in [0.4, 0.5) is 15.6 Å². The van der Waals surface area contributed by atoms with E-state index in [1.165, 1.54) is 11.3 Å². The number of benzene rings is 1. The van der Waals surface area contributed by atoms with Crippen molar-refractivity contribution in [2.45, 2.75) is 33.6 Å². The number of nitrogens with one attached hydrogen (secondary N) is 2. The van der Waals surface area contributed by atoms with Gasteiger partial charge < -0.3 is 10.1 Å². The Labute approximate surface area is 173 Å². The number of ether oxygens (including phenoxy) is 1. The highest BCUT2D eigenvalue weighted by Crippen LogP contribution is 2.27. The predicted octanol–water partition coefficient (Wildman–Crippen LogP) is 3.44. The highest BCUT2D eigenvalue weighted by molar-refractivity contribution is 7.15. The van der Waals surface area contributed by atoms with Crippen LogP contribution in [0.3, 0.4) is 0 Å². The van der Waals surface area contributed by atoms with E-state index >= 15 is 0 Å². The fourth-order valence-corrected chi connectivity index (χ4v) is 3.34. The fraction of sp³-hybridized carbons (Fsp3) is 0.421. The molecule has 0 spiro atoms. The largest absolute Gasteiger partial charge is 0.491 e. The van der Waals surface area contributed by atoms with E-state index in [1.54, 1.807) is 10.9 Å². The lowest BCUT2D eigenvalue weighted by molar-refractivity contribution is 0.260. The summed E-state index contributed by atoms with van der Waals surface area (Å²) in [5.74, 6) is 1.85. The number of carbonyl (C=O) groups is 1. The molecule has 2 N–H and O–H groups in total. The Kier molecular flexibility index (Phi) is 6.76. The molecule has 2 aromatic heterocycles. The number of hydrogen-bond acceptors (Lipinski definition) is 7. The molecule has 0 fully saturated rings. The summed E-state index contributed by atoms with van der Waals surface area (Å²) >= 11 is 1.43. The second-order valence-electron chi connectivity index (χ2n) is 7.13. The van der Waals surface area contributed by atoms with Crippen molar-refractivity contribution < 1.29 is 9.53 Å². The van der Waals surface area contributed by atoms with Crippen molar-refractivity contribution in [1.82, 2.24) is 25.2 Å². The van der Waals surface area contributed by atoms with Crippen molar-refractivity contribution in [3.8, 4) is 5.75 Å². The Balaban J connectivity index is 1.57. The van der Waals surface area contributed by atoms with Gasteiger partial charge in [-0.05, 0) is 47.4 Å². The molecule has 29 heavy (non-hydrogen) atoms. The van der Waals surface area contributed by atoms with Gasteiger partial charge >= 0.3 is 6.03 Å². The van der Waals surface area contributed by atoms with Crippen LogP contribution in [0.25, 0.3) is 0 Å². The third-order valence-electron chi connectivity index (χ3n) is 4.03. The van der Waals surface area contributed by atoms with Crippen LogP contribution in [0.15, 0.2) is 24.4 Å². The van der Waals surface area contributed by atoms with E-state index in [-0.39, 0.29) is 6.03 Å². The summed E-state index contributed by atoms with van der Waals surface area (Å²) in [6.45, 7) is 6.73. The van der Waals surface area contributed by atoms with Crippen molar-refractivity contribution in [2.24, 2.45) is 13.0 Å². The van der Waals surface area contributed by atoms with Crippen molar-refractivity contribution in [3.05, 3.63) is 40.7 Å². The Bertz CT molecular complexity index is 967. The number of urea groups is 1. The van der Waals surface area contributed by atoms with Gasteiger partial charge in [-0.1, -0.05) is 19.9 Å². The molecule has 10 heteroatoms. The molecule has 2 heterocycles. The maximum Gasteiger partial charge on any atom is 0.325 e. The van der Waals surface area contributed by atoms with Crippen LogP contribution in [0.1, 0.15) is 30.1 Å². The zero-order chi connectivity index (χ0) is 20.8. The molecule has 0 bridgehead atoms. The van der Waals surface area contributed by atoms with Crippen LogP contribution >= 0.6 is 11.3 Å². The molecule has 0 aliphatic heterocycles. The molecule has 0 unspecified atom stereocenters. The molecule has 0 aliphatic rings. The number of rotatable bonds is 8. The molecule has 0 atom stereocenters. The van der Waals surface area contributed by atoms with Gasteiger partial charge in [-0.3, -0.25) is 5.32 Å². The Morgan fingerprint density at radius 2 is 2.10 bits per heavy atom. The first kappa shape index (κ1) is 20.7. The van der Waals surface area contributed by atoms with Crippen LogP contribution < -0.4 is 15.4 Å². The molecule has 9 nitrogen and oxygen atoms in total. The zero-order valence-corrected chi connectivity index (χ0v) is 17.8. The average Bonchev–Trinajstić information content (AvgIpc) is 3.28. The number of hydrogen-bond donors (Lipinski definition) is 2. The van der Waals surface area contributed by atoms with Gasteiger partial charge in [0, 0.05) is 24.5 Å². The minimum absolute atomic E-state index is 0.360.